The van der Waals surface area contributed by atoms with Crippen LogP contribution >= 0.6 is 0 Å². The van der Waals surface area contributed by atoms with Gasteiger partial charge in [-0.1, -0.05) is 0 Å². The molecule has 164 valence electrons. The first kappa shape index (κ1) is 21.2. The highest BCUT2D eigenvalue weighted by Crippen LogP contribution is 2.40. The zero-order chi connectivity index (χ0) is 22.1. The van der Waals surface area contributed by atoms with E-state index >= 15 is 0 Å². The highest BCUT2D eigenvalue weighted by Gasteiger charge is 2.46. The third-order valence-corrected chi connectivity index (χ3v) is 6.07. The lowest BCUT2D eigenvalue weighted by Gasteiger charge is -2.31. The molecule has 0 saturated carbocycles. The van der Waals surface area contributed by atoms with Gasteiger partial charge in [-0.25, -0.2) is 0 Å². The fraction of sp³-hybridized carbons (Fsp3) is 0.455. The Morgan fingerprint density at radius 2 is 1.84 bits per heavy atom. The van der Waals surface area contributed by atoms with Gasteiger partial charge in [-0.3, -0.25) is 24.2 Å². The van der Waals surface area contributed by atoms with E-state index in [1.54, 1.807) is 48.1 Å². The molecule has 9 heteroatoms. The number of aromatic nitrogens is 3. The van der Waals surface area contributed by atoms with Crippen LogP contribution in [0.2, 0.25) is 0 Å². The summed E-state index contributed by atoms with van der Waals surface area (Å²) in [6.45, 7) is 7.50. The number of amides is 1. The Morgan fingerprint density at radius 1 is 1.16 bits per heavy atom. The normalized spacial score (nSPS) is 21.8. The predicted octanol–water partition coefficient (Wildman–Crippen LogP) is 1.19. The van der Waals surface area contributed by atoms with Gasteiger partial charge in [-0.2, -0.15) is 5.10 Å². The number of Topliss-reactive ketones (excluding diaryl/α,β-unsaturated/α-hetero) is 1. The van der Waals surface area contributed by atoms with E-state index in [2.05, 4.69) is 15.0 Å². The van der Waals surface area contributed by atoms with Crippen LogP contribution in [0.25, 0.3) is 5.76 Å². The lowest BCUT2D eigenvalue weighted by Crippen LogP contribution is -2.42. The molecule has 1 amide bonds. The summed E-state index contributed by atoms with van der Waals surface area (Å²) in [5.41, 5.74) is 2.65. The summed E-state index contributed by atoms with van der Waals surface area (Å²) in [4.78, 5) is 34.0. The van der Waals surface area contributed by atoms with Gasteiger partial charge in [0.1, 0.15) is 5.76 Å². The molecular weight excluding hydrogens is 398 g/mol. The summed E-state index contributed by atoms with van der Waals surface area (Å²) >= 11 is 0. The SMILES string of the molecule is Cc1nn(C)c(C)c1C(O)=C1C(=O)C(=O)N(CCN2CCOCC2)[C@@H]1c1ccncc1. The van der Waals surface area contributed by atoms with Crippen LogP contribution in [0.1, 0.15) is 28.6 Å². The molecule has 1 N–H and O–H groups in total. The van der Waals surface area contributed by atoms with Crippen molar-refractivity contribution >= 4 is 17.4 Å². The molecule has 4 heterocycles. The molecular formula is C22H27N5O4. The average Bonchev–Trinajstić information content (AvgIpc) is 3.18. The van der Waals surface area contributed by atoms with Crippen LogP contribution in [0, 0.1) is 13.8 Å². The van der Waals surface area contributed by atoms with Gasteiger partial charge in [0.2, 0.25) is 0 Å². The van der Waals surface area contributed by atoms with E-state index in [0.29, 0.717) is 37.6 Å². The number of aliphatic hydroxyl groups is 1. The first-order chi connectivity index (χ1) is 14.9. The highest BCUT2D eigenvalue weighted by atomic mass is 16.5. The van der Waals surface area contributed by atoms with Crippen molar-refractivity contribution in [3.8, 4) is 0 Å². The number of nitrogens with zero attached hydrogens (tertiary/aromatic N) is 5. The van der Waals surface area contributed by atoms with Crippen molar-refractivity contribution < 1.29 is 19.4 Å². The van der Waals surface area contributed by atoms with Crippen LogP contribution < -0.4 is 0 Å². The van der Waals surface area contributed by atoms with Crippen LogP contribution in [0.4, 0.5) is 0 Å². The lowest BCUT2D eigenvalue weighted by atomic mass is 9.95. The number of rotatable bonds is 5. The van der Waals surface area contributed by atoms with E-state index < -0.39 is 17.7 Å². The summed E-state index contributed by atoms with van der Waals surface area (Å²) in [6.07, 6.45) is 3.25. The molecule has 2 aliphatic heterocycles. The van der Waals surface area contributed by atoms with Crippen molar-refractivity contribution in [3.05, 3.63) is 52.6 Å². The number of carbonyl (C=O) groups is 2. The van der Waals surface area contributed by atoms with Gasteiger partial charge in [0.05, 0.1) is 36.1 Å². The number of morpholine rings is 1. The number of hydrogen-bond acceptors (Lipinski definition) is 7. The molecule has 2 aliphatic rings. The minimum absolute atomic E-state index is 0.0948. The minimum Gasteiger partial charge on any atom is -0.507 e. The third kappa shape index (κ3) is 3.86. The average molecular weight is 425 g/mol. The monoisotopic (exact) mass is 425 g/mol. The van der Waals surface area contributed by atoms with Crippen LogP contribution in [-0.2, 0) is 21.4 Å². The highest BCUT2D eigenvalue weighted by molar-refractivity contribution is 6.46. The first-order valence-electron chi connectivity index (χ1n) is 10.4. The van der Waals surface area contributed by atoms with Gasteiger partial charge < -0.3 is 14.7 Å². The zero-order valence-electron chi connectivity index (χ0n) is 18.0. The Kier molecular flexibility index (Phi) is 5.88. The largest absolute Gasteiger partial charge is 0.507 e. The molecule has 0 radical (unpaired) electrons. The molecule has 2 aromatic rings. The van der Waals surface area contributed by atoms with Crippen molar-refractivity contribution in [1.29, 1.82) is 0 Å². The fourth-order valence-corrected chi connectivity index (χ4v) is 4.33. The number of likely N-dealkylation sites (tertiary alicyclic amines) is 1. The third-order valence-electron chi connectivity index (χ3n) is 6.07. The summed E-state index contributed by atoms with van der Waals surface area (Å²) in [6, 6.07) is 2.87. The predicted molar refractivity (Wildman–Crippen MR) is 113 cm³/mol. The van der Waals surface area contributed by atoms with Gasteiger partial charge in [0.15, 0.2) is 0 Å². The summed E-state index contributed by atoms with van der Waals surface area (Å²) in [5, 5.41) is 15.6. The smallest absolute Gasteiger partial charge is 0.295 e. The van der Waals surface area contributed by atoms with Crippen molar-refractivity contribution in [1.82, 2.24) is 24.6 Å². The molecule has 4 rings (SSSR count). The van der Waals surface area contributed by atoms with E-state index in [4.69, 9.17) is 4.74 Å². The Bertz CT molecular complexity index is 1020. The van der Waals surface area contributed by atoms with E-state index in [-0.39, 0.29) is 11.3 Å². The van der Waals surface area contributed by atoms with E-state index in [0.717, 1.165) is 24.3 Å². The van der Waals surface area contributed by atoms with Gasteiger partial charge >= 0.3 is 0 Å². The van der Waals surface area contributed by atoms with Crippen LogP contribution in [0.5, 0.6) is 0 Å². The van der Waals surface area contributed by atoms with E-state index in [9.17, 15) is 14.7 Å². The number of aryl methyl sites for hydroxylation is 2. The van der Waals surface area contributed by atoms with Crippen molar-refractivity contribution in [2.45, 2.75) is 19.9 Å². The van der Waals surface area contributed by atoms with Crippen molar-refractivity contribution in [2.24, 2.45) is 7.05 Å². The number of pyridine rings is 1. The van der Waals surface area contributed by atoms with Gasteiger partial charge in [0.25, 0.3) is 11.7 Å². The Hall–Kier alpha value is -3.04. The molecule has 2 aromatic heterocycles. The molecule has 9 nitrogen and oxygen atoms in total. The Labute approximate surface area is 180 Å². The zero-order valence-corrected chi connectivity index (χ0v) is 18.0. The van der Waals surface area contributed by atoms with Gasteiger partial charge in [-0.15, -0.1) is 0 Å². The van der Waals surface area contributed by atoms with Gasteiger partial charge in [0, 0.05) is 51.3 Å². The number of ether oxygens (including phenoxy) is 1. The van der Waals surface area contributed by atoms with Gasteiger partial charge in [-0.05, 0) is 31.5 Å². The molecule has 0 bridgehead atoms. The fourth-order valence-electron chi connectivity index (χ4n) is 4.33. The number of aliphatic hydroxyl groups excluding tert-OH is 1. The molecule has 0 unspecified atom stereocenters. The number of hydrogen-bond donors (Lipinski definition) is 1. The maximum atomic E-state index is 13.1. The summed E-state index contributed by atoms with van der Waals surface area (Å²) in [5.74, 6) is -1.46. The second-order valence-electron chi connectivity index (χ2n) is 7.90. The van der Waals surface area contributed by atoms with Crippen molar-refractivity contribution in [3.63, 3.8) is 0 Å². The molecule has 2 saturated heterocycles. The second kappa shape index (κ2) is 8.60. The van der Waals surface area contributed by atoms with Crippen LogP contribution in [0.15, 0.2) is 30.1 Å². The Morgan fingerprint density at radius 3 is 2.45 bits per heavy atom. The first-order valence-corrected chi connectivity index (χ1v) is 10.4. The molecule has 31 heavy (non-hydrogen) atoms. The molecule has 2 fully saturated rings. The molecule has 0 aromatic carbocycles. The number of ketones is 1. The maximum Gasteiger partial charge on any atom is 0.295 e. The Balaban J connectivity index is 1.76. The van der Waals surface area contributed by atoms with Crippen molar-refractivity contribution in [2.75, 3.05) is 39.4 Å². The standard InChI is InChI=1S/C22H27N5O4/c1-14-17(15(2)25(3)24-14)20(28)18-19(16-4-6-23-7-5-16)27(22(30)21(18)29)9-8-26-10-12-31-13-11-26/h4-7,19,28H,8-13H2,1-3H3/t19-/m1/s1. The molecule has 0 aliphatic carbocycles. The molecule has 0 spiro atoms. The van der Waals surface area contributed by atoms with Crippen LogP contribution in [-0.4, -0.2) is 80.8 Å². The maximum absolute atomic E-state index is 13.1. The second-order valence-corrected chi connectivity index (χ2v) is 7.90. The quantitative estimate of drug-likeness (QED) is 0.436. The summed E-state index contributed by atoms with van der Waals surface area (Å²) in [7, 11) is 1.78. The number of carbonyl (C=O) groups excluding carboxylic acids is 2. The minimum atomic E-state index is -0.678. The van der Waals surface area contributed by atoms with Crippen LogP contribution in [0.3, 0.4) is 0 Å². The van der Waals surface area contributed by atoms with E-state index in [1.807, 2.05) is 6.92 Å². The van der Waals surface area contributed by atoms with E-state index in [1.165, 1.54) is 0 Å². The summed E-state index contributed by atoms with van der Waals surface area (Å²) < 4.78 is 7.04. The lowest BCUT2D eigenvalue weighted by molar-refractivity contribution is -0.140. The molecule has 1 atom stereocenters. The topological polar surface area (TPSA) is 101 Å².